The van der Waals surface area contributed by atoms with Crippen LogP contribution in [0, 0.1) is 0 Å². The fraction of sp³-hybridized carbons (Fsp3) is 1.00. The van der Waals surface area contributed by atoms with Crippen LogP contribution >= 0.6 is 0 Å². The highest BCUT2D eigenvalue weighted by atomic mass is 16.5. The minimum absolute atomic E-state index is 0.237. The first kappa shape index (κ1) is 12.9. The zero-order valence-corrected chi connectivity index (χ0v) is 11.6. The second-order valence-corrected chi connectivity index (χ2v) is 6.08. The van der Waals surface area contributed by atoms with Crippen molar-refractivity contribution < 1.29 is 4.74 Å². The van der Waals surface area contributed by atoms with E-state index in [2.05, 4.69) is 16.7 Å². The van der Waals surface area contributed by atoms with E-state index >= 15 is 0 Å². The molecule has 0 saturated carbocycles. The molecule has 3 aliphatic heterocycles. The lowest BCUT2D eigenvalue weighted by molar-refractivity contribution is -0.0716. The summed E-state index contributed by atoms with van der Waals surface area (Å²) >= 11 is 0. The number of rotatable bonds is 3. The first-order chi connectivity index (χ1) is 8.81. The molecule has 0 aromatic heterocycles. The molecule has 0 aromatic carbocycles. The van der Waals surface area contributed by atoms with Crippen molar-refractivity contribution in [3.8, 4) is 0 Å². The molecule has 0 amide bonds. The fourth-order valence-electron chi connectivity index (χ4n) is 4.48. The maximum atomic E-state index is 6.26. The Morgan fingerprint density at radius 3 is 3.00 bits per heavy atom. The van der Waals surface area contributed by atoms with Crippen molar-refractivity contribution in [2.45, 2.75) is 50.2 Å². The van der Waals surface area contributed by atoms with Crippen LogP contribution in [0.3, 0.4) is 0 Å². The molecule has 0 aromatic rings. The molecule has 2 N–H and O–H groups in total. The predicted octanol–water partition coefficient (Wildman–Crippen LogP) is 0.663. The van der Waals surface area contributed by atoms with Crippen LogP contribution in [0.4, 0.5) is 0 Å². The molecule has 104 valence electrons. The Bertz CT molecular complexity index is 299. The molecule has 3 fully saturated rings. The van der Waals surface area contributed by atoms with Crippen LogP contribution in [0.2, 0.25) is 0 Å². The number of fused-ring (bicyclic) bond motifs is 1. The van der Waals surface area contributed by atoms with Gasteiger partial charge in [0.25, 0.3) is 0 Å². The van der Waals surface area contributed by atoms with Crippen LogP contribution in [0.5, 0.6) is 0 Å². The lowest BCUT2D eigenvalue weighted by Crippen LogP contribution is -2.65. The summed E-state index contributed by atoms with van der Waals surface area (Å²) in [6.07, 6.45) is 5.12. The van der Waals surface area contributed by atoms with Gasteiger partial charge < -0.3 is 10.5 Å². The molecule has 3 unspecified atom stereocenters. The molecule has 0 radical (unpaired) electrons. The quantitative estimate of drug-likeness (QED) is 0.802. The Kier molecular flexibility index (Phi) is 3.63. The molecule has 4 heteroatoms. The third-order valence-corrected chi connectivity index (χ3v) is 5.44. The third kappa shape index (κ3) is 1.82. The standard InChI is InChI=1S/C14H27N3O/c1-2-12-10-18-9-8-17(12)14(11-15)5-7-16-6-3-4-13(14)16/h12-13H,2-11,15H2,1H3. The number of ether oxygens (including phenoxy) is 1. The molecule has 3 atom stereocenters. The van der Waals surface area contributed by atoms with Gasteiger partial charge in [-0.1, -0.05) is 6.92 Å². The van der Waals surface area contributed by atoms with E-state index in [-0.39, 0.29) is 5.54 Å². The van der Waals surface area contributed by atoms with Gasteiger partial charge in [-0.05, 0) is 32.2 Å². The topological polar surface area (TPSA) is 41.7 Å². The van der Waals surface area contributed by atoms with Crippen molar-refractivity contribution in [3.63, 3.8) is 0 Å². The van der Waals surface area contributed by atoms with Crippen molar-refractivity contribution in [2.24, 2.45) is 5.73 Å². The van der Waals surface area contributed by atoms with Gasteiger partial charge in [-0.15, -0.1) is 0 Å². The zero-order valence-electron chi connectivity index (χ0n) is 11.6. The van der Waals surface area contributed by atoms with E-state index in [1.807, 2.05) is 0 Å². The molecular weight excluding hydrogens is 226 g/mol. The molecule has 3 saturated heterocycles. The maximum absolute atomic E-state index is 6.26. The smallest absolute Gasteiger partial charge is 0.0622 e. The molecule has 3 rings (SSSR count). The van der Waals surface area contributed by atoms with E-state index in [1.54, 1.807) is 0 Å². The summed E-state index contributed by atoms with van der Waals surface area (Å²) < 4.78 is 5.67. The van der Waals surface area contributed by atoms with Crippen molar-refractivity contribution in [1.29, 1.82) is 0 Å². The first-order valence-electron chi connectivity index (χ1n) is 7.60. The molecule has 18 heavy (non-hydrogen) atoms. The van der Waals surface area contributed by atoms with Gasteiger partial charge in [0.2, 0.25) is 0 Å². The van der Waals surface area contributed by atoms with E-state index < -0.39 is 0 Å². The molecule has 0 spiro atoms. The average molecular weight is 253 g/mol. The van der Waals surface area contributed by atoms with E-state index in [0.717, 1.165) is 26.3 Å². The van der Waals surface area contributed by atoms with Gasteiger partial charge in [-0.2, -0.15) is 0 Å². The Morgan fingerprint density at radius 1 is 1.33 bits per heavy atom. The Hall–Kier alpha value is -0.160. The third-order valence-electron chi connectivity index (χ3n) is 5.44. The van der Waals surface area contributed by atoms with Gasteiger partial charge >= 0.3 is 0 Å². The molecular formula is C14H27N3O. The monoisotopic (exact) mass is 253 g/mol. The summed E-state index contributed by atoms with van der Waals surface area (Å²) in [6, 6.07) is 1.28. The van der Waals surface area contributed by atoms with Crippen molar-refractivity contribution in [1.82, 2.24) is 9.80 Å². The van der Waals surface area contributed by atoms with Crippen molar-refractivity contribution >= 4 is 0 Å². The van der Waals surface area contributed by atoms with Crippen LogP contribution in [0.15, 0.2) is 0 Å². The average Bonchev–Trinajstić information content (AvgIpc) is 3.01. The highest BCUT2D eigenvalue weighted by Gasteiger charge is 2.53. The zero-order chi connectivity index (χ0) is 12.6. The van der Waals surface area contributed by atoms with Crippen LogP contribution < -0.4 is 5.73 Å². The molecule has 0 bridgehead atoms. The summed E-state index contributed by atoms with van der Waals surface area (Å²) in [4.78, 5) is 5.39. The van der Waals surface area contributed by atoms with Gasteiger partial charge in [0.05, 0.1) is 18.8 Å². The lowest BCUT2D eigenvalue weighted by Gasteiger charge is -2.50. The van der Waals surface area contributed by atoms with E-state index in [0.29, 0.717) is 12.1 Å². The van der Waals surface area contributed by atoms with Crippen molar-refractivity contribution in [2.75, 3.05) is 39.4 Å². The molecule has 3 aliphatic rings. The Balaban J connectivity index is 1.85. The minimum Gasteiger partial charge on any atom is -0.378 e. The van der Waals surface area contributed by atoms with Crippen molar-refractivity contribution in [3.05, 3.63) is 0 Å². The summed E-state index contributed by atoms with van der Waals surface area (Å²) in [5.41, 5.74) is 6.50. The maximum Gasteiger partial charge on any atom is 0.0622 e. The Morgan fingerprint density at radius 2 is 2.22 bits per heavy atom. The SMILES string of the molecule is CCC1COCCN1C1(CN)CCN2CCCC21. The van der Waals surface area contributed by atoms with Crippen LogP contribution in [-0.2, 0) is 4.74 Å². The highest BCUT2D eigenvalue weighted by molar-refractivity contribution is 5.11. The second kappa shape index (κ2) is 5.08. The second-order valence-electron chi connectivity index (χ2n) is 6.08. The normalized spacial score (nSPS) is 42.3. The summed E-state index contributed by atoms with van der Waals surface area (Å²) in [5, 5.41) is 0. The van der Waals surface area contributed by atoms with E-state index in [4.69, 9.17) is 10.5 Å². The van der Waals surface area contributed by atoms with Crippen LogP contribution in [-0.4, -0.2) is 66.8 Å². The highest BCUT2D eigenvalue weighted by Crippen LogP contribution is 2.41. The number of nitrogens with zero attached hydrogens (tertiary/aromatic N) is 2. The van der Waals surface area contributed by atoms with E-state index in [9.17, 15) is 0 Å². The number of nitrogens with two attached hydrogens (primary N) is 1. The van der Waals surface area contributed by atoms with Gasteiger partial charge in [0.15, 0.2) is 0 Å². The number of hydrogen-bond donors (Lipinski definition) is 1. The number of hydrogen-bond acceptors (Lipinski definition) is 4. The predicted molar refractivity (Wildman–Crippen MR) is 72.6 cm³/mol. The van der Waals surface area contributed by atoms with Gasteiger partial charge in [0, 0.05) is 31.7 Å². The molecule has 0 aliphatic carbocycles. The molecule has 3 heterocycles. The summed E-state index contributed by atoms with van der Waals surface area (Å²) in [6.45, 7) is 8.46. The Labute approximate surface area is 110 Å². The van der Waals surface area contributed by atoms with Gasteiger partial charge in [-0.3, -0.25) is 9.80 Å². The molecule has 4 nitrogen and oxygen atoms in total. The van der Waals surface area contributed by atoms with Gasteiger partial charge in [-0.25, -0.2) is 0 Å². The minimum atomic E-state index is 0.237. The fourth-order valence-corrected chi connectivity index (χ4v) is 4.48. The first-order valence-corrected chi connectivity index (χ1v) is 7.60. The summed E-state index contributed by atoms with van der Waals surface area (Å²) in [5.74, 6) is 0. The largest absolute Gasteiger partial charge is 0.378 e. The van der Waals surface area contributed by atoms with Crippen LogP contribution in [0.1, 0.15) is 32.6 Å². The van der Waals surface area contributed by atoms with Crippen LogP contribution in [0.25, 0.3) is 0 Å². The number of morpholine rings is 1. The van der Waals surface area contributed by atoms with E-state index in [1.165, 1.54) is 38.8 Å². The van der Waals surface area contributed by atoms with Gasteiger partial charge in [0.1, 0.15) is 0 Å². The lowest BCUT2D eigenvalue weighted by atomic mass is 9.84. The summed E-state index contributed by atoms with van der Waals surface area (Å²) in [7, 11) is 0.